The van der Waals surface area contributed by atoms with Crippen LogP contribution in [0.2, 0.25) is 0 Å². The molecular formula is C9H14F3N3O2. The van der Waals surface area contributed by atoms with Crippen LogP contribution in [0.3, 0.4) is 0 Å². The van der Waals surface area contributed by atoms with Gasteiger partial charge in [-0.2, -0.15) is 13.2 Å². The molecule has 0 heterocycles. The van der Waals surface area contributed by atoms with E-state index in [9.17, 15) is 18.0 Å². The topological polar surface area (TPSA) is 78.9 Å². The molecule has 0 aromatic carbocycles. The monoisotopic (exact) mass is 253 g/mol. The molecule has 0 saturated heterocycles. The highest BCUT2D eigenvalue weighted by Crippen LogP contribution is 2.31. The van der Waals surface area contributed by atoms with Gasteiger partial charge in [-0.05, 0) is 19.8 Å². The summed E-state index contributed by atoms with van der Waals surface area (Å²) in [7, 11) is 0. The maximum Gasteiger partial charge on any atom is 0.406 e. The molecule has 1 unspecified atom stereocenters. The Morgan fingerprint density at radius 1 is 1.59 bits per heavy atom. The van der Waals surface area contributed by atoms with Crippen molar-refractivity contribution in [2.45, 2.75) is 32.0 Å². The maximum absolute atomic E-state index is 12.3. The zero-order valence-electron chi connectivity index (χ0n) is 9.24. The molecule has 0 radical (unpaired) electrons. The Morgan fingerprint density at radius 2 is 2.12 bits per heavy atom. The Labute approximate surface area is 96.1 Å². The van der Waals surface area contributed by atoms with Gasteiger partial charge in [0.15, 0.2) is 5.84 Å². The molecule has 0 aromatic rings. The van der Waals surface area contributed by atoms with Crippen LogP contribution in [-0.4, -0.2) is 40.6 Å². The van der Waals surface area contributed by atoms with Gasteiger partial charge in [-0.1, -0.05) is 5.16 Å². The van der Waals surface area contributed by atoms with Crippen molar-refractivity contribution in [1.29, 1.82) is 0 Å². The minimum absolute atomic E-state index is 0.377. The van der Waals surface area contributed by atoms with Crippen molar-refractivity contribution in [3.05, 3.63) is 0 Å². The predicted octanol–water partition coefficient (Wildman–Crippen LogP) is 0.922. The smallest absolute Gasteiger partial charge is 0.406 e. The summed E-state index contributed by atoms with van der Waals surface area (Å²) < 4.78 is 36.9. The molecule has 1 saturated carbocycles. The van der Waals surface area contributed by atoms with E-state index in [0.717, 1.165) is 4.90 Å². The molecule has 1 rings (SSSR count). The van der Waals surface area contributed by atoms with Crippen LogP contribution in [0.5, 0.6) is 0 Å². The van der Waals surface area contributed by atoms with Gasteiger partial charge in [-0.25, -0.2) is 0 Å². The van der Waals surface area contributed by atoms with E-state index in [0.29, 0.717) is 12.8 Å². The van der Waals surface area contributed by atoms with Crippen LogP contribution in [0.1, 0.15) is 19.8 Å². The molecule has 98 valence electrons. The molecule has 5 nitrogen and oxygen atoms in total. The van der Waals surface area contributed by atoms with Gasteiger partial charge in [0.05, 0.1) is 5.92 Å². The molecule has 1 fully saturated rings. The van der Waals surface area contributed by atoms with E-state index in [-0.39, 0.29) is 11.9 Å². The normalized spacial score (nSPS) is 18.9. The first-order valence-electron chi connectivity index (χ1n) is 5.11. The van der Waals surface area contributed by atoms with Gasteiger partial charge in [0, 0.05) is 6.04 Å². The first-order valence-corrected chi connectivity index (χ1v) is 5.11. The van der Waals surface area contributed by atoms with Crippen LogP contribution in [0.4, 0.5) is 13.2 Å². The van der Waals surface area contributed by atoms with Crippen LogP contribution < -0.4 is 5.73 Å². The zero-order chi connectivity index (χ0) is 13.2. The van der Waals surface area contributed by atoms with Gasteiger partial charge in [0.25, 0.3) is 0 Å². The van der Waals surface area contributed by atoms with E-state index in [4.69, 9.17) is 10.9 Å². The molecule has 0 aromatic heterocycles. The number of halogens is 3. The number of carbonyl (C=O) groups is 1. The second-order valence-electron chi connectivity index (χ2n) is 4.06. The van der Waals surface area contributed by atoms with Crippen LogP contribution >= 0.6 is 0 Å². The van der Waals surface area contributed by atoms with E-state index < -0.39 is 24.5 Å². The number of nitrogens with two attached hydrogens (primary N) is 1. The summed E-state index contributed by atoms with van der Waals surface area (Å²) in [6.45, 7) is 0.0166. The van der Waals surface area contributed by atoms with Crippen molar-refractivity contribution in [2.24, 2.45) is 16.8 Å². The van der Waals surface area contributed by atoms with E-state index in [2.05, 4.69) is 5.16 Å². The van der Waals surface area contributed by atoms with Crippen LogP contribution in [-0.2, 0) is 4.79 Å². The number of alkyl halides is 3. The summed E-state index contributed by atoms with van der Waals surface area (Å²) in [6.07, 6.45) is -3.32. The number of nitrogens with zero attached hydrogens (tertiary/aromatic N) is 2. The van der Waals surface area contributed by atoms with Crippen molar-refractivity contribution >= 4 is 11.7 Å². The summed E-state index contributed by atoms with van der Waals surface area (Å²) in [5.74, 6) is -2.20. The fourth-order valence-electron chi connectivity index (χ4n) is 1.43. The summed E-state index contributed by atoms with van der Waals surface area (Å²) in [5, 5.41) is 11.0. The van der Waals surface area contributed by atoms with Crippen molar-refractivity contribution in [3.63, 3.8) is 0 Å². The number of amidine groups is 1. The Morgan fingerprint density at radius 3 is 2.47 bits per heavy atom. The van der Waals surface area contributed by atoms with Crippen molar-refractivity contribution in [3.8, 4) is 0 Å². The minimum Gasteiger partial charge on any atom is -0.409 e. The molecule has 1 aliphatic carbocycles. The van der Waals surface area contributed by atoms with Gasteiger partial charge >= 0.3 is 6.18 Å². The van der Waals surface area contributed by atoms with Crippen molar-refractivity contribution in [2.75, 3.05) is 6.54 Å². The summed E-state index contributed by atoms with van der Waals surface area (Å²) >= 11 is 0. The number of carbonyl (C=O) groups excluding carboxylic acids is 1. The predicted molar refractivity (Wildman–Crippen MR) is 53.4 cm³/mol. The molecule has 1 aliphatic rings. The SMILES string of the molecule is CC(C(=O)N(CC(F)(F)F)C1CC1)/C(N)=N/O. The number of rotatable bonds is 4. The molecule has 0 aliphatic heterocycles. The molecule has 0 bridgehead atoms. The molecule has 17 heavy (non-hydrogen) atoms. The Bertz CT molecular complexity index is 326. The third kappa shape index (κ3) is 3.79. The van der Waals surface area contributed by atoms with E-state index in [1.54, 1.807) is 0 Å². The van der Waals surface area contributed by atoms with Crippen molar-refractivity contribution < 1.29 is 23.2 Å². The lowest BCUT2D eigenvalue weighted by Gasteiger charge is -2.26. The van der Waals surface area contributed by atoms with Crippen LogP contribution in [0.15, 0.2) is 5.16 Å². The van der Waals surface area contributed by atoms with Crippen LogP contribution in [0, 0.1) is 5.92 Å². The minimum atomic E-state index is -4.44. The lowest BCUT2D eigenvalue weighted by Crippen LogP contribution is -2.46. The number of amides is 1. The lowest BCUT2D eigenvalue weighted by atomic mass is 10.1. The Hall–Kier alpha value is -1.47. The highest BCUT2D eigenvalue weighted by atomic mass is 19.4. The number of hydrogen-bond acceptors (Lipinski definition) is 3. The standard InChI is InChI=1S/C9H14F3N3O2/c1-5(7(13)14-17)8(16)15(6-2-3-6)4-9(10,11)12/h5-6,17H,2-4H2,1H3,(H2,13,14). The lowest BCUT2D eigenvalue weighted by molar-refractivity contribution is -0.163. The highest BCUT2D eigenvalue weighted by molar-refractivity contribution is 6.01. The van der Waals surface area contributed by atoms with Crippen LogP contribution in [0.25, 0.3) is 0 Å². The third-order valence-corrected chi connectivity index (χ3v) is 2.55. The average Bonchev–Trinajstić information content (AvgIpc) is 3.05. The zero-order valence-corrected chi connectivity index (χ0v) is 9.24. The van der Waals surface area contributed by atoms with E-state index in [1.165, 1.54) is 6.92 Å². The second-order valence-corrected chi connectivity index (χ2v) is 4.06. The van der Waals surface area contributed by atoms with Gasteiger partial charge in [-0.3, -0.25) is 4.79 Å². The number of hydrogen-bond donors (Lipinski definition) is 2. The summed E-state index contributed by atoms with van der Waals surface area (Å²) in [5.41, 5.74) is 5.21. The van der Waals surface area contributed by atoms with E-state index in [1.807, 2.05) is 0 Å². The van der Waals surface area contributed by atoms with Gasteiger partial charge in [-0.15, -0.1) is 0 Å². The molecular weight excluding hydrogens is 239 g/mol. The molecule has 1 amide bonds. The van der Waals surface area contributed by atoms with Crippen molar-refractivity contribution in [1.82, 2.24) is 4.90 Å². The first kappa shape index (κ1) is 13.6. The summed E-state index contributed by atoms with van der Waals surface area (Å²) in [6, 6.07) is -0.377. The average molecular weight is 253 g/mol. The molecule has 1 atom stereocenters. The fourth-order valence-corrected chi connectivity index (χ4v) is 1.43. The maximum atomic E-state index is 12.3. The molecule has 3 N–H and O–H groups in total. The summed E-state index contributed by atoms with van der Waals surface area (Å²) in [4.78, 5) is 12.5. The molecule has 0 spiro atoms. The number of oxime groups is 1. The van der Waals surface area contributed by atoms with Gasteiger partial charge in [0.1, 0.15) is 6.54 Å². The first-order chi connectivity index (χ1) is 7.76. The Balaban J connectivity index is 2.74. The highest BCUT2D eigenvalue weighted by Gasteiger charge is 2.42. The Kier molecular flexibility index (Phi) is 3.84. The van der Waals surface area contributed by atoms with Gasteiger partial charge < -0.3 is 15.8 Å². The largest absolute Gasteiger partial charge is 0.409 e. The van der Waals surface area contributed by atoms with E-state index >= 15 is 0 Å². The third-order valence-electron chi connectivity index (χ3n) is 2.55. The fraction of sp³-hybridized carbons (Fsp3) is 0.778. The quantitative estimate of drug-likeness (QED) is 0.338. The molecule has 8 heteroatoms. The van der Waals surface area contributed by atoms with Gasteiger partial charge in [0.2, 0.25) is 5.91 Å². The second kappa shape index (κ2) is 4.80.